The van der Waals surface area contributed by atoms with E-state index >= 15 is 0 Å². The molecule has 1 saturated heterocycles. The van der Waals surface area contributed by atoms with Gasteiger partial charge in [0.15, 0.2) is 0 Å². The van der Waals surface area contributed by atoms with E-state index in [2.05, 4.69) is 36.1 Å². The molecule has 0 aromatic heterocycles. The monoisotopic (exact) mass is 304 g/mol. The molecule has 0 radical (unpaired) electrons. The lowest BCUT2D eigenvalue weighted by Gasteiger charge is -2.35. The van der Waals surface area contributed by atoms with Crippen molar-refractivity contribution in [2.45, 2.75) is 39.2 Å². The molecular weight excluding hydrogens is 276 g/mol. The van der Waals surface area contributed by atoms with Crippen LogP contribution in [-0.2, 0) is 11.2 Å². The molecule has 0 aliphatic carbocycles. The maximum atomic E-state index is 12.2. The van der Waals surface area contributed by atoms with E-state index in [1.54, 1.807) is 0 Å². The maximum absolute atomic E-state index is 12.2. The normalized spacial score (nSPS) is 17.5. The minimum absolute atomic E-state index is 0.267. The van der Waals surface area contributed by atoms with Crippen molar-refractivity contribution < 1.29 is 9.90 Å². The second-order valence-corrected chi connectivity index (χ2v) is 6.37. The van der Waals surface area contributed by atoms with Gasteiger partial charge in [0.1, 0.15) is 0 Å². The standard InChI is InChI=1S/C18H28N2O2/c1-15-6-8-17(9-7-15)4-3-5-18(22)20-12-10-19(11-13-20)14-16(2)21/h6-9,16,21H,3-5,10-14H2,1-2H3. The minimum Gasteiger partial charge on any atom is -0.392 e. The molecule has 1 N–H and O–H groups in total. The fourth-order valence-electron chi connectivity index (χ4n) is 2.91. The van der Waals surface area contributed by atoms with E-state index in [1.807, 2.05) is 11.8 Å². The topological polar surface area (TPSA) is 43.8 Å². The third kappa shape index (κ3) is 5.43. The van der Waals surface area contributed by atoms with E-state index in [9.17, 15) is 9.90 Å². The molecular formula is C18H28N2O2. The zero-order valence-corrected chi connectivity index (χ0v) is 13.8. The van der Waals surface area contributed by atoms with Crippen LogP contribution < -0.4 is 0 Å². The highest BCUT2D eigenvalue weighted by atomic mass is 16.3. The summed E-state index contributed by atoms with van der Waals surface area (Å²) >= 11 is 0. The molecule has 4 heteroatoms. The van der Waals surface area contributed by atoms with Crippen molar-refractivity contribution in [3.63, 3.8) is 0 Å². The highest BCUT2D eigenvalue weighted by molar-refractivity contribution is 5.76. The van der Waals surface area contributed by atoms with Crippen LogP contribution in [0.15, 0.2) is 24.3 Å². The number of aliphatic hydroxyl groups excluding tert-OH is 1. The first-order chi connectivity index (χ1) is 10.5. The van der Waals surface area contributed by atoms with E-state index in [0.717, 1.165) is 39.0 Å². The van der Waals surface area contributed by atoms with Gasteiger partial charge in [0.05, 0.1) is 6.10 Å². The molecule has 2 rings (SSSR count). The Labute approximate surface area is 133 Å². The zero-order valence-electron chi connectivity index (χ0n) is 13.8. The fourth-order valence-corrected chi connectivity index (χ4v) is 2.91. The SMILES string of the molecule is Cc1ccc(CCCC(=O)N2CCN(CC(C)O)CC2)cc1. The third-order valence-corrected chi connectivity index (χ3v) is 4.22. The van der Waals surface area contributed by atoms with Crippen molar-refractivity contribution in [2.24, 2.45) is 0 Å². The number of piperazine rings is 1. The summed E-state index contributed by atoms with van der Waals surface area (Å²) < 4.78 is 0. The Kier molecular flexibility index (Phi) is 6.40. The van der Waals surface area contributed by atoms with Gasteiger partial charge in [-0.15, -0.1) is 0 Å². The number of aryl methyl sites for hydroxylation is 2. The lowest BCUT2D eigenvalue weighted by Crippen LogP contribution is -2.50. The number of β-amino-alcohol motifs (C(OH)–C–C–N with tert-alkyl or cyclic N) is 1. The quantitative estimate of drug-likeness (QED) is 0.872. The summed E-state index contributed by atoms with van der Waals surface area (Å²) in [5, 5.41) is 9.40. The number of nitrogens with zero attached hydrogens (tertiary/aromatic N) is 2. The number of aliphatic hydroxyl groups is 1. The van der Waals surface area contributed by atoms with Crippen LogP contribution >= 0.6 is 0 Å². The Bertz CT molecular complexity index is 462. The van der Waals surface area contributed by atoms with Crippen molar-refractivity contribution >= 4 is 5.91 Å². The lowest BCUT2D eigenvalue weighted by molar-refractivity contribution is -0.133. The van der Waals surface area contributed by atoms with E-state index in [4.69, 9.17) is 0 Å². The fraction of sp³-hybridized carbons (Fsp3) is 0.611. The molecule has 22 heavy (non-hydrogen) atoms. The number of benzene rings is 1. The molecule has 1 unspecified atom stereocenters. The number of carbonyl (C=O) groups excluding carboxylic acids is 1. The minimum atomic E-state index is -0.295. The summed E-state index contributed by atoms with van der Waals surface area (Å²) in [4.78, 5) is 16.4. The molecule has 122 valence electrons. The Morgan fingerprint density at radius 3 is 2.41 bits per heavy atom. The van der Waals surface area contributed by atoms with Gasteiger partial charge in [-0.1, -0.05) is 29.8 Å². The van der Waals surface area contributed by atoms with Gasteiger partial charge in [0, 0.05) is 39.1 Å². The molecule has 4 nitrogen and oxygen atoms in total. The molecule has 1 aliphatic heterocycles. The maximum Gasteiger partial charge on any atom is 0.222 e. The molecule has 0 saturated carbocycles. The average molecular weight is 304 g/mol. The molecule has 1 atom stereocenters. The van der Waals surface area contributed by atoms with Crippen LogP contribution in [-0.4, -0.2) is 59.6 Å². The lowest BCUT2D eigenvalue weighted by atomic mass is 10.1. The predicted octanol–water partition coefficient (Wildman–Crippen LogP) is 1.84. The highest BCUT2D eigenvalue weighted by Crippen LogP contribution is 2.10. The summed E-state index contributed by atoms with van der Waals surface area (Å²) in [6, 6.07) is 8.54. The van der Waals surface area contributed by atoms with Gasteiger partial charge in [-0.25, -0.2) is 0 Å². The summed E-state index contributed by atoms with van der Waals surface area (Å²) in [6.07, 6.45) is 2.21. The molecule has 1 aromatic rings. The molecule has 1 fully saturated rings. The summed E-state index contributed by atoms with van der Waals surface area (Å²) in [5.74, 6) is 0.267. The number of hydrogen-bond donors (Lipinski definition) is 1. The Balaban J connectivity index is 1.67. The Morgan fingerprint density at radius 2 is 1.82 bits per heavy atom. The molecule has 1 aliphatic rings. The highest BCUT2D eigenvalue weighted by Gasteiger charge is 2.21. The van der Waals surface area contributed by atoms with Crippen molar-refractivity contribution in [3.8, 4) is 0 Å². The van der Waals surface area contributed by atoms with Crippen LogP contribution in [0.4, 0.5) is 0 Å². The van der Waals surface area contributed by atoms with Gasteiger partial charge in [0.25, 0.3) is 0 Å². The average Bonchev–Trinajstić information content (AvgIpc) is 2.49. The van der Waals surface area contributed by atoms with E-state index in [1.165, 1.54) is 11.1 Å². The number of rotatable bonds is 6. The van der Waals surface area contributed by atoms with E-state index < -0.39 is 0 Å². The first-order valence-electron chi connectivity index (χ1n) is 8.28. The summed E-state index contributed by atoms with van der Waals surface area (Å²) in [5.41, 5.74) is 2.58. The molecule has 0 bridgehead atoms. The first kappa shape index (κ1) is 17.0. The van der Waals surface area contributed by atoms with Crippen LogP contribution in [0.3, 0.4) is 0 Å². The van der Waals surface area contributed by atoms with Gasteiger partial charge in [0.2, 0.25) is 5.91 Å². The molecule has 1 heterocycles. The Morgan fingerprint density at radius 1 is 1.18 bits per heavy atom. The van der Waals surface area contributed by atoms with Crippen molar-refractivity contribution in [1.82, 2.24) is 9.80 Å². The molecule has 0 spiro atoms. The van der Waals surface area contributed by atoms with Crippen LogP contribution in [0, 0.1) is 6.92 Å². The van der Waals surface area contributed by atoms with Gasteiger partial charge < -0.3 is 10.0 Å². The summed E-state index contributed by atoms with van der Waals surface area (Å²) in [6.45, 7) is 7.91. The smallest absolute Gasteiger partial charge is 0.222 e. The van der Waals surface area contributed by atoms with Gasteiger partial charge in [-0.2, -0.15) is 0 Å². The van der Waals surface area contributed by atoms with Crippen LogP contribution in [0.1, 0.15) is 30.9 Å². The van der Waals surface area contributed by atoms with E-state index in [-0.39, 0.29) is 12.0 Å². The van der Waals surface area contributed by atoms with Gasteiger partial charge >= 0.3 is 0 Å². The summed E-state index contributed by atoms with van der Waals surface area (Å²) in [7, 11) is 0. The second-order valence-electron chi connectivity index (χ2n) is 6.37. The van der Waals surface area contributed by atoms with Crippen molar-refractivity contribution in [3.05, 3.63) is 35.4 Å². The van der Waals surface area contributed by atoms with Gasteiger partial charge in [-0.05, 0) is 32.3 Å². The van der Waals surface area contributed by atoms with E-state index in [0.29, 0.717) is 13.0 Å². The first-order valence-corrected chi connectivity index (χ1v) is 8.28. The zero-order chi connectivity index (χ0) is 15.9. The molecule has 1 amide bonds. The second kappa shape index (κ2) is 8.30. The number of hydrogen-bond acceptors (Lipinski definition) is 3. The van der Waals surface area contributed by atoms with Crippen LogP contribution in [0.25, 0.3) is 0 Å². The van der Waals surface area contributed by atoms with Crippen LogP contribution in [0.2, 0.25) is 0 Å². The number of amides is 1. The predicted molar refractivity (Wildman–Crippen MR) is 88.8 cm³/mol. The third-order valence-electron chi connectivity index (χ3n) is 4.22. The van der Waals surface area contributed by atoms with Crippen molar-refractivity contribution in [1.29, 1.82) is 0 Å². The van der Waals surface area contributed by atoms with Crippen LogP contribution in [0.5, 0.6) is 0 Å². The molecule has 1 aromatic carbocycles. The van der Waals surface area contributed by atoms with Crippen molar-refractivity contribution in [2.75, 3.05) is 32.7 Å². The number of carbonyl (C=O) groups is 1. The van der Waals surface area contributed by atoms with Gasteiger partial charge in [-0.3, -0.25) is 9.69 Å². The Hall–Kier alpha value is -1.39. The largest absolute Gasteiger partial charge is 0.392 e.